The van der Waals surface area contributed by atoms with Crippen molar-refractivity contribution in [3.05, 3.63) is 94.4 Å². The number of ether oxygens (including phenoxy) is 1. The molecule has 1 atom stereocenters. The van der Waals surface area contributed by atoms with Crippen LogP contribution in [-0.2, 0) is 0 Å². The highest BCUT2D eigenvalue weighted by Gasteiger charge is 2.15. The van der Waals surface area contributed by atoms with Crippen molar-refractivity contribution in [1.82, 2.24) is 4.98 Å². The van der Waals surface area contributed by atoms with Gasteiger partial charge >= 0.3 is 0 Å². The molecule has 0 amide bonds. The predicted molar refractivity (Wildman–Crippen MR) is 95.6 cm³/mol. The summed E-state index contributed by atoms with van der Waals surface area (Å²) >= 11 is 0. The van der Waals surface area contributed by atoms with Gasteiger partial charge in [0.2, 0.25) is 0 Å². The monoisotopic (exact) mass is 353 g/mol. The van der Waals surface area contributed by atoms with E-state index in [0.29, 0.717) is 5.82 Å². The summed E-state index contributed by atoms with van der Waals surface area (Å²) in [5.41, 5.74) is 0.832. The number of rotatable bonds is 7. The van der Waals surface area contributed by atoms with Crippen molar-refractivity contribution >= 4 is 11.5 Å². The van der Waals surface area contributed by atoms with Gasteiger partial charge in [-0.15, -0.1) is 0 Å². The molecule has 132 valence electrons. The predicted octanol–water partition coefficient (Wildman–Crippen LogP) is 4.36. The number of hydrogen-bond acceptors (Lipinski definition) is 5. The molecule has 0 aliphatic carbocycles. The van der Waals surface area contributed by atoms with E-state index in [1.807, 2.05) is 30.3 Å². The van der Waals surface area contributed by atoms with Gasteiger partial charge < -0.3 is 10.1 Å². The quantitative estimate of drug-likeness (QED) is 0.504. The number of para-hydroxylation sites is 1. The summed E-state index contributed by atoms with van der Waals surface area (Å²) in [7, 11) is 0. The molecular weight excluding hydrogens is 337 g/mol. The summed E-state index contributed by atoms with van der Waals surface area (Å²) < 4.78 is 19.4. The maximum Gasteiger partial charge on any atom is 0.287 e. The van der Waals surface area contributed by atoms with Gasteiger partial charge in [0.1, 0.15) is 18.6 Å². The molecule has 1 unspecified atom stereocenters. The van der Waals surface area contributed by atoms with Crippen molar-refractivity contribution in [2.75, 3.05) is 11.9 Å². The lowest BCUT2D eigenvalue weighted by Crippen LogP contribution is -2.19. The molecule has 0 saturated carbocycles. The van der Waals surface area contributed by atoms with Gasteiger partial charge in [0.15, 0.2) is 11.6 Å². The van der Waals surface area contributed by atoms with E-state index in [9.17, 15) is 14.5 Å². The SMILES string of the molecule is O=[N+]([O-])c1ccc(NC(COc2ccccc2F)c2ccccc2)nc1. The molecule has 1 aromatic heterocycles. The van der Waals surface area contributed by atoms with Crippen LogP contribution in [-0.4, -0.2) is 16.5 Å². The molecular formula is C19H16FN3O3. The number of anilines is 1. The first-order valence-electron chi connectivity index (χ1n) is 7.93. The van der Waals surface area contributed by atoms with Gasteiger partial charge in [0.05, 0.1) is 11.0 Å². The third kappa shape index (κ3) is 4.32. The third-order valence-electron chi connectivity index (χ3n) is 3.72. The Morgan fingerprint density at radius 3 is 2.46 bits per heavy atom. The summed E-state index contributed by atoms with van der Waals surface area (Å²) in [5.74, 6) is 0.182. The summed E-state index contributed by atoms with van der Waals surface area (Å²) in [6.07, 6.45) is 1.18. The second kappa shape index (κ2) is 8.06. The van der Waals surface area contributed by atoms with Crippen LogP contribution in [0.1, 0.15) is 11.6 Å². The van der Waals surface area contributed by atoms with Crippen LogP contribution in [0.5, 0.6) is 5.75 Å². The number of hydrogen-bond donors (Lipinski definition) is 1. The standard InChI is InChI=1S/C19H16FN3O3/c20-16-8-4-5-9-18(16)26-13-17(14-6-2-1-3-7-14)22-19-11-10-15(12-21-19)23(24)25/h1-12,17H,13H2,(H,21,22). The molecule has 7 heteroatoms. The van der Waals surface area contributed by atoms with Crippen LogP contribution >= 0.6 is 0 Å². The maximum atomic E-state index is 13.8. The summed E-state index contributed by atoms with van der Waals surface area (Å²) in [6.45, 7) is 0.156. The molecule has 2 aromatic carbocycles. The van der Waals surface area contributed by atoms with Crippen LogP contribution in [0.15, 0.2) is 72.9 Å². The van der Waals surface area contributed by atoms with E-state index >= 15 is 0 Å². The number of pyridine rings is 1. The Hall–Kier alpha value is -3.48. The van der Waals surface area contributed by atoms with Gasteiger partial charge in [-0.1, -0.05) is 42.5 Å². The van der Waals surface area contributed by atoms with E-state index in [2.05, 4.69) is 10.3 Å². The topological polar surface area (TPSA) is 77.3 Å². The zero-order chi connectivity index (χ0) is 18.4. The van der Waals surface area contributed by atoms with Crippen molar-refractivity contribution < 1.29 is 14.1 Å². The zero-order valence-corrected chi connectivity index (χ0v) is 13.7. The Balaban J connectivity index is 1.77. The minimum absolute atomic E-state index is 0.0885. The molecule has 26 heavy (non-hydrogen) atoms. The summed E-state index contributed by atoms with van der Waals surface area (Å²) in [4.78, 5) is 14.3. The van der Waals surface area contributed by atoms with E-state index in [4.69, 9.17) is 4.74 Å². The number of nitrogens with one attached hydrogen (secondary N) is 1. The van der Waals surface area contributed by atoms with Crippen molar-refractivity contribution in [2.45, 2.75) is 6.04 Å². The Bertz CT molecular complexity index is 873. The Morgan fingerprint density at radius 2 is 1.81 bits per heavy atom. The second-order valence-corrected chi connectivity index (χ2v) is 5.51. The number of aromatic nitrogens is 1. The highest BCUT2D eigenvalue weighted by Crippen LogP contribution is 2.23. The van der Waals surface area contributed by atoms with Crippen molar-refractivity contribution in [2.24, 2.45) is 0 Å². The number of halogens is 1. The van der Waals surface area contributed by atoms with Crippen LogP contribution in [0.2, 0.25) is 0 Å². The molecule has 3 rings (SSSR count). The molecule has 0 bridgehead atoms. The fraction of sp³-hybridized carbons (Fsp3) is 0.105. The van der Waals surface area contributed by atoms with Gasteiger partial charge in [-0.25, -0.2) is 9.37 Å². The molecule has 6 nitrogen and oxygen atoms in total. The Morgan fingerprint density at radius 1 is 1.08 bits per heavy atom. The maximum absolute atomic E-state index is 13.8. The van der Waals surface area contributed by atoms with Gasteiger partial charge in [-0.3, -0.25) is 10.1 Å². The van der Waals surface area contributed by atoms with Crippen LogP contribution in [0, 0.1) is 15.9 Å². The minimum Gasteiger partial charge on any atom is -0.488 e. The lowest BCUT2D eigenvalue weighted by Gasteiger charge is -2.20. The van der Waals surface area contributed by atoms with E-state index in [1.165, 1.54) is 24.4 Å². The molecule has 0 saturated heterocycles. The third-order valence-corrected chi connectivity index (χ3v) is 3.72. The van der Waals surface area contributed by atoms with E-state index in [1.54, 1.807) is 18.2 Å². The van der Waals surface area contributed by atoms with Crippen LogP contribution in [0.3, 0.4) is 0 Å². The largest absolute Gasteiger partial charge is 0.488 e. The average Bonchev–Trinajstić information content (AvgIpc) is 2.67. The van der Waals surface area contributed by atoms with Crippen LogP contribution in [0.4, 0.5) is 15.9 Å². The Kier molecular flexibility index (Phi) is 5.38. The number of benzene rings is 2. The number of nitro groups is 1. The molecule has 0 radical (unpaired) electrons. The molecule has 0 aliphatic rings. The first-order chi connectivity index (χ1) is 12.6. The van der Waals surface area contributed by atoms with Crippen molar-refractivity contribution in [3.63, 3.8) is 0 Å². The van der Waals surface area contributed by atoms with E-state index in [0.717, 1.165) is 5.56 Å². The summed E-state index contributed by atoms with van der Waals surface area (Å²) in [6, 6.07) is 18.2. The number of nitrogens with zero attached hydrogens (tertiary/aromatic N) is 2. The molecule has 0 spiro atoms. The fourth-order valence-electron chi connectivity index (χ4n) is 2.40. The van der Waals surface area contributed by atoms with Crippen molar-refractivity contribution in [3.8, 4) is 5.75 Å². The molecule has 0 aliphatic heterocycles. The van der Waals surface area contributed by atoms with Crippen LogP contribution in [0.25, 0.3) is 0 Å². The second-order valence-electron chi connectivity index (χ2n) is 5.51. The van der Waals surface area contributed by atoms with Gasteiger partial charge in [-0.05, 0) is 23.8 Å². The van der Waals surface area contributed by atoms with Crippen LogP contribution < -0.4 is 10.1 Å². The van der Waals surface area contributed by atoms with E-state index < -0.39 is 10.7 Å². The zero-order valence-electron chi connectivity index (χ0n) is 13.7. The lowest BCUT2D eigenvalue weighted by molar-refractivity contribution is -0.385. The van der Waals surface area contributed by atoms with E-state index in [-0.39, 0.29) is 24.1 Å². The first kappa shape index (κ1) is 17.3. The highest BCUT2D eigenvalue weighted by atomic mass is 19.1. The van der Waals surface area contributed by atoms with Gasteiger partial charge in [0.25, 0.3) is 5.69 Å². The molecule has 0 fully saturated rings. The fourth-order valence-corrected chi connectivity index (χ4v) is 2.40. The molecule has 1 heterocycles. The summed E-state index contributed by atoms with van der Waals surface area (Å²) in [5, 5.41) is 13.9. The first-order valence-corrected chi connectivity index (χ1v) is 7.93. The average molecular weight is 353 g/mol. The lowest BCUT2D eigenvalue weighted by atomic mass is 10.1. The smallest absolute Gasteiger partial charge is 0.287 e. The minimum atomic E-state index is -0.507. The van der Waals surface area contributed by atoms with Gasteiger partial charge in [0, 0.05) is 6.07 Å². The highest BCUT2D eigenvalue weighted by molar-refractivity contribution is 5.42. The molecule has 3 aromatic rings. The Labute approximate surface area is 149 Å². The van der Waals surface area contributed by atoms with Gasteiger partial charge in [-0.2, -0.15) is 0 Å². The normalized spacial score (nSPS) is 11.6. The van der Waals surface area contributed by atoms with Crippen molar-refractivity contribution in [1.29, 1.82) is 0 Å². The molecule has 1 N–H and O–H groups in total.